The third-order valence-corrected chi connectivity index (χ3v) is 6.23. The highest BCUT2D eigenvalue weighted by Gasteiger charge is 2.46. The lowest BCUT2D eigenvalue weighted by Crippen LogP contribution is -2.60. The normalized spacial score (nSPS) is 26.7. The molecule has 140 valence electrons. The molecule has 5 rings (SSSR count). The summed E-state index contributed by atoms with van der Waals surface area (Å²) in [6.45, 7) is 3.73. The van der Waals surface area contributed by atoms with Crippen molar-refractivity contribution in [3.8, 4) is 0 Å². The summed E-state index contributed by atoms with van der Waals surface area (Å²) in [4.78, 5) is 9.23. The molecule has 0 spiro atoms. The number of aliphatic hydroxyl groups is 1. The first-order valence-electron chi connectivity index (χ1n) is 9.81. The summed E-state index contributed by atoms with van der Waals surface area (Å²) in [6, 6.07) is 12.3. The number of aromatic nitrogens is 3. The lowest BCUT2D eigenvalue weighted by atomic mass is 9.79. The maximum absolute atomic E-state index is 11.8. The fourth-order valence-corrected chi connectivity index (χ4v) is 4.79. The summed E-state index contributed by atoms with van der Waals surface area (Å²) >= 11 is 0. The van der Waals surface area contributed by atoms with Crippen LogP contribution in [-0.4, -0.2) is 57.4 Å². The summed E-state index contributed by atoms with van der Waals surface area (Å²) in [5.41, 5.74) is 2.18. The van der Waals surface area contributed by atoms with Gasteiger partial charge in [-0.25, -0.2) is 4.98 Å². The molecular formula is C21H25N5O. The highest BCUT2D eigenvalue weighted by atomic mass is 16.3. The number of piperidine rings is 1. The van der Waals surface area contributed by atoms with Gasteiger partial charge in [0.2, 0.25) is 0 Å². The number of nitrogens with zero attached hydrogens (tertiary/aromatic N) is 4. The molecule has 0 radical (unpaired) electrons. The van der Waals surface area contributed by atoms with Crippen molar-refractivity contribution in [1.82, 2.24) is 20.1 Å². The highest BCUT2D eigenvalue weighted by molar-refractivity contribution is 5.88. The largest absolute Gasteiger partial charge is 0.383 e. The van der Waals surface area contributed by atoms with Crippen LogP contribution in [0.3, 0.4) is 0 Å². The van der Waals surface area contributed by atoms with Crippen molar-refractivity contribution in [2.24, 2.45) is 0 Å². The Kier molecular flexibility index (Phi) is 4.10. The van der Waals surface area contributed by atoms with Crippen LogP contribution in [0.5, 0.6) is 0 Å². The van der Waals surface area contributed by atoms with E-state index in [1.54, 1.807) is 0 Å². The number of aromatic amines is 1. The lowest BCUT2D eigenvalue weighted by Gasteiger charge is -2.49. The predicted molar refractivity (Wildman–Crippen MR) is 106 cm³/mol. The van der Waals surface area contributed by atoms with E-state index in [2.05, 4.69) is 43.2 Å². The predicted octanol–water partition coefficient (Wildman–Crippen LogP) is 2.52. The maximum Gasteiger partial charge on any atom is 0.157 e. The second-order valence-electron chi connectivity index (χ2n) is 7.71. The highest BCUT2D eigenvalue weighted by Crippen LogP contribution is 2.39. The minimum atomic E-state index is -0.815. The zero-order valence-electron chi connectivity index (χ0n) is 15.4. The summed E-state index contributed by atoms with van der Waals surface area (Å²) in [5, 5.41) is 20.0. The van der Waals surface area contributed by atoms with Crippen LogP contribution in [0.2, 0.25) is 0 Å². The molecule has 6 heteroatoms. The summed E-state index contributed by atoms with van der Waals surface area (Å²) in [5.74, 6) is 0. The molecule has 0 unspecified atom stereocenters. The van der Waals surface area contributed by atoms with Crippen LogP contribution < -0.4 is 4.90 Å². The van der Waals surface area contributed by atoms with Gasteiger partial charge in [0.25, 0.3) is 0 Å². The van der Waals surface area contributed by atoms with Gasteiger partial charge >= 0.3 is 0 Å². The Bertz CT molecular complexity index is 920. The molecule has 0 bridgehead atoms. The van der Waals surface area contributed by atoms with E-state index in [9.17, 15) is 5.11 Å². The van der Waals surface area contributed by atoms with Gasteiger partial charge in [-0.05, 0) is 44.0 Å². The Balaban J connectivity index is 1.52. The Hall–Kier alpha value is -2.44. The van der Waals surface area contributed by atoms with E-state index in [0.717, 1.165) is 48.5 Å². The molecule has 6 nitrogen and oxygen atoms in total. The van der Waals surface area contributed by atoms with Gasteiger partial charge < -0.3 is 10.0 Å². The molecule has 0 amide bonds. The zero-order valence-corrected chi connectivity index (χ0v) is 15.4. The van der Waals surface area contributed by atoms with Crippen molar-refractivity contribution in [3.63, 3.8) is 0 Å². The van der Waals surface area contributed by atoms with E-state index >= 15 is 0 Å². The Morgan fingerprint density at radius 3 is 2.70 bits per heavy atom. The molecule has 2 fully saturated rings. The van der Waals surface area contributed by atoms with E-state index in [-0.39, 0.29) is 6.04 Å². The van der Waals surface area contributed by atoms with E-state index in [1.165, 1.54) is 12.8 Å². The van der Waals surface area contributed by atoms with Crippen LogP contribution in [0.25, 0.3) is 11.0 Å². The molecule has 0 aliphatic carbocycles. The average molecular weight is 363 g/mol. The minimum Gasteiger partial charge on any atom is -0.383 e. The second-order valence-corrected chi connectivity index (χ2v) is 7.71. The van der Waals surface area contributed by atoms with Gasteiger partial charge in [-0.2, -0.15) is 5.10 Å². The van der Waals surface area contributed by atoms with Crippen molar-refractivity contribution in [3.05, 3.63) is 54.4 Å². The first-order chi connectivity index (χ1) is 13.3. The summed E-state index contributed by atoms with van der Waals surface area (Å²) in [7, 11) is 0. The second kappa shape index (κ2) is 6.62. The van der Waals surface area contributed by atoms with Crippen molar-refractivity contribution in [2.75, 3.05) is 31.1 Å². The quantitative estimate of drug-likeness (QED) is 0.748. The van der Waals surface area contributed by atoms with Crippen LogP contribution in [0.4, 0.5) is 5.69 Å². The summed E-state index contributed by atoms with van der Waals surface area (Å²) < 4.78 is 0. The van der Waals surface area contributed by atoms with Crippen molar-refractivity contribution in [1.29, 1.82) is 0 Å². The molecule has 3 aromatic rings. The number of fused-ring (bicyclic) bond motifs is 1. The number of benzene rings is 1. The topological polar surface area (TPSA) is 68.3 Å². The molecule has 2 saturated heterocycles. The van der Waals surface area contributed by atoms with E-state index in [1.807, 2.05) is 30.6 Å². The van der Waals surface area contributed by atoms with Gasteiger partial charge in [0.15, 0.2) is 5.65 Å². The molecule has 2 aliphatic rings. The Morgan fingerprint density at radius 2 is 1.89 bits per heavy atom. The Morgan fingerprint density at radius 1 is 1.07 bits per heavy atom. The number of H-pyrrole nitrogens is 1. The molecular weight excluding hydrogens is 338 g/mol. The SMILES string of the molecule is O[C@]1(c2ccccc2)CCN(c2ccnc3[nH]ncc23)C[C@H]1N1CCCC1. The zero-order chi connectivity index (χ0) is 18.3. The van der Waals surface area contributed by atoms with Crippen LogP contribution >= 0.6 is 0 Å². The lowest BCUT2D eigenvalue weighted by molar-refractivity contribution is -0.0601. The van der Waals surface area contributed by atoms with Crippen LogP contribution in [0.1, 0.15) is 24.8 Å². The van der Waals surface area contributed by atoms with Gasteiger partial charge in [0.05, 0.1) is 23.3 Å². The third-order valence-electron chi connectivity index (χ3n) is 6.23. The molecule has 27 heavy (non-hydrogen) atoms. The van der Waals surface area contributed by atoms with Gasteiger partial charge in [-0.3, -0.25) is 10.00 Å². The number of pyridine rings is 1. The number of nitrogens with one attached hydrogen (secondary N) is 1. The number of anilines is 1. The van der Waals surface area contributed by atoms with Crippen LogP contribution in [0.15, 0.2) is 48.8 Å². The molecule has 4 heterocycles. The molecule has 2 aromatic heterocycles. The number of rotatable bonds is 3. The molecule has 2 N–H and O–H groups in total. The third kappa shape index (κ3) is 2.80. The smallest absolute Gasteiger partial charge is 0.157 e. The fourth-order valence-electron chi connectivity index (χ4n) is 4.79. The molecule has 2 atom stereocenters. The first kappa shape index (κ1) is 16.7. The number of likely N-dealkylation sites (tertiary alicyclic amines) is 1. The van der Waals surface area contributed by atoms with Gasteiger partial charge in [-0.1, -0.05) is 30.3 Å². The Labute approximate surface area is 158 Å². The van der Waals surface area contributed by atoms with Crippen molar-refractivity contribution >= 4 is 16.7 Å². The average Bonchev–Trinajstić information content (AvgIpc) is 3.41. The van der Waals surface area contributed by atoms with Crippen molar-refractivity contribution in [2.45, 2.75) is 30.9 Å². The number of hydrogen-bond donors (Lipinski definition) is 2. The fraction of sp³-hybridized carbons (Fsp3) is 0.429. The molecule has 0 saturated carbocycles. The van der Waals surface area contributed by atoms with E-state index in [4.69, 9.17) is 0 Å². The molecule has 2 aliphatic heterocycles. The van der Waals surface area contributed by atoms with Crippen LogP contribution in [-0.2, 0) is 5.60 Å². The van der Waals surface area contributed by atoms with E-state index in [0.29, 0.717) is 6.42 Å². The van der Waals surface area contributed by atoms with Gasteiger partial charge in [0, 0.05) is 19.3 Å². The maximum atomic E-state index is 11.8. The number of hydrogen-bond acceptors (Lipinski definition) is 5. The van der Waals surface area contributed by atoms with E-state index < -0.39 is 5.60 Å². The molecule has 1 aromatic carbocycles. The minimum absolute atomic E-state index is 0.0752. The van der Waals surface area contributed by atoms with Gasteiger partial charge in [-0.15, -0.1) is 0 Å². The first-order valence-corrected chi connectivity index (χ1v) is 9.81. The van der Waals surface area contributed by atoms with Crippen LogP contribution in [0, 0.1) is 0 Å². The van der Waals surface area contributed by atoms with Gasteiger partial charge in [0.1, 0.15) is 5.60 Å². The summed E-state index contributed by atoms with van der Waals surface area (Å²) in [6.07, 6.45) is 6.81. The van der Waals surface area contributed by atoms with Crippen molar-refractivity contribution < 1.29 is 5.11 Å². The monoisotopic (exact) mass is 363 g/mol. The standard InChI is InChI=1S/C21H25N5O/c27-21(16-6-2-1-3-7-16)9-13-26(15-19(21)25-11-4-5-12-25)18-8-10-22-20-17(18)14-23-24-20/h1-3,6-8,10,14,19,27H,4-5,9,11-13,15H2,(H,22,23,24)/t19-,21+/m1/s1.